The van der Waals surface area contributed by atoms with Gasteiger partial charge in [0.25, 0.3) is 0 Å². The third-order valence-electron chi connectivity index (χ3n) is 4.53. The first-order valence-electron chi connectivity index (χ1n) is 7.52. The van der Waals surface area contributed by atoms with Gasteiger partial charge >= 0.3 is 0 Å². The van der Waals surface area contributed by atoms with E-state index in [-0.39, 0.29) is 6.04 Å². The molecular weight excluding hydrogens is 250 g/mol. The van der Waals surface area contributed by atoms with Crippen molar-refractivity contribution in [3.8, 4) is 5.75 Å². The average Bonchev–Trinajstić information content (AvgIpc) is 2.47. The molecule has 4 nitrogen and oxygen atoms in total. The van der Waals surface area contributed by atoms with Gasteiger partial charge in [0.1, 0.15) is 5.75 Å². The number of phenolic OH excluding ortho intramolecular Hbond substituents is 1. The highest BCUT2D eigenvalue weighted by atomic mass is 16.3. The van der Waals surface area contributed by atoms with Crippen LogP contribution in [0.2, 0.25) is 0 Å². The summed E-state index contributed by atoms with van der Waals surface area (Å²) in [7, 11) is 4.10. The summed E-state index contributed by atoms with van der Waals surface area (Å²) >= 11 is 0. The van der Waals surface area contributed by atoms with Crippen molar-refractivity contribution in [2.75, 3.05) is 38.6 Å². The number of nitrogens with zero attached hydrogens (tertiary/aromatic N) is 2. The van der Waals surface area contributed by atoms with Crippen LogP contribution in [0.3, 0.4) is 0 Å². The maximum absolute atomic E-state index is 10.2. The van der Waals surface area contributed by atoms with Crippen molar-refractivity contribution < 1.29 is 5.11 Å². The molecule has 1 fully saturated rings. The van der Waals surface area contributed by atoms with E-state index < -0.39 is 0 Å². The Morgan fingerprint density at radius 1 is 1.40 bits per heavy atom. The zero-order valence-corrected chi connectivity index (χ0v) is 13.1. The third kappa shape index (κ3) is 3.07. The molecule has 1 saturated heterocycles. The van der Waals surface area contributed by atoms with Gasteiger partial charge < -0.3 is 15.3 Å². The number of anilines is 1. The molecule has 112 valence electrons. The SMILES string of the molecule is CCC1CN(c2ccc(C(C)NC)c(O)c2)CCN1C. The second kappa shape index (κ2) is 6.46. The molecular formula is C16H27N3O. The first kappa shape index (κ1) is 15.1. The zero-order chi connectivity index (χ0) is 14.7. The third-order valence-corrected chi connectivity index (χ3v) is 4.53. The lowest BCUT2D eigenvalue weighted by molar-refractivity contribution is 0.213. The van der Waals surface area contributed by atoms with Crippen molar-refractivity contribution in [1.29, 1.82) is 0 Å². The van der Waals surface area contributed by atoms with Crippen LogP contribution < -0.4 is 10.2 Å². The average molecular weight is 277 g/mol. The van der Waals surface area contributed by atoms with Crippen molar-refractivity contribution >= 4 is 5.69 Å². The minimum atomic E-state index is 0.167. The number of piperazine rings is 1. The van der Waals surface area contributed by atoms with Gasteiger partial charge in [-0.1, -0.05) is 13.0 Å². The number of phenols is 1. The van der Waals surface area contributed by atoms with Crippen molar-refractivity contribution in [2.24, 2.45) is 0 Å². The smallest absolute Gasteiger partial charge is 0.122 e. The summed E-state index contributed by atoms with van der Waals surface area (Å²) in [4.78, 5) is 4.80. The standard InChI is InChI=1S/C16H27N3O/c1-5-13-11-19(9-8-18(13)4)14-6-7-15(12(2)17-3)16(20)10-14/h6-7,10,12-13,17,20H,5,8-9,11H2,1-4H3. The van der Waals surface area contributed by atoms with Crippen molar-refractivity contribution in [3.05, 3.63) is 23.8 Å². The van der Waals surface area contributed by atoms with Crippen LogP contribution in [-0.4, -0.2) is 49.8 Å². The maximum Gasteiger partial charge on any atom is 0.122 e. The number of nitrogens with one attached hydrogen (secondary N) is 1. The molecule has 0 amide bonds. The number of aromatic hydroxyl groups is 1. The normalized spacial score (nSPS) is 22.0. The van der Waals surface area contributed by atoms with Crippen LogP contribution >= 0.6 is 0 Å². The van der Waals surface area contributed by atoms with E-state index in [1.165, 1.54) is 0 Å². The minimum absolute atomic E-state index is 0.167. The fourth-order valence-corrected chi connectivity index (χ4v) is 2.87. The lowest BCUT2D eigenvalue weighted by Crippen LogP contribution is -2.51. The molecule has 4 heteroatoms. The summed E-state index contributed by atoms with van der Waals surface area (Å²) in [5.74, 6) is 0.385. The predicted molar refractivity (Wildman–Crippen MR) is 84.5 cm³/mol. The number of rotatable bonds is 4. The van der Waals surface area contributed by atoms with Gasteiger partial charge in [-0.05, 0) is 33.5 Å². The Kier molecular flexibility index (Phi) is 4.89. The lowest BCUT2D eigenvalue weighted by Gasteiger charge is -2.40. The van der Waals surface area contributed by atoms with E-state index in [1.807, 2.05) is 19.2 Å². The fraction of sp³-hybridized carbons (Fsp3) is 0.625. The summed E-state index contributed by atoms with van der Waals surface area (Å²) in [5, 5.41) is 13.4. The van der Waals surface area contributed by atoms with Gasteiger partial charge in [0.2, 0.25) is 0 Å². The Morgan fingerprint density at radius 2 is 2.15 bits per heavy atom. The van der Waals surface area contributed by atoms with Crippen molar-refractivity contribution in [1.82, 2.24) is 10.2 Å². The second-order valence-electron chi connectivity index (χ2n) is 5.74. The van der Waals surface area contributed by atoms with Crippen LogP contribution in [0.1, 0.15) is 31.9 Å². The Hall–Kier alpha value is -1.26. The van der Waals surface area contributed by atoms with E-state index in [9.17, 15) is 5.11 Å². The first-order chi connectivity index (χ1) is 9.56. The highest BCUT2D eigenvalue weighted by Crippen LogP contribution is 2.30. The molecule has 0 aromatic heterocycles. The molecule has 20 heavy (non-hydrogen) atoms. The van der Waals surface area contributed by atoms with Gasteiger partial charge in [-0.2, -0.15) is 0 Å². The highest BCUT2D eigenvalue weighted by Gasteiger charge is 2.23. The summed E-state index contributed by atoms with van der Waals surface area (Å²) in [5.41, 5.74) is 2.08. The molecule has 2 unspecified atom stereocenters. The van der Waals surface area contributed by atoms with E-state index >= 15 is 0 Å². The molecule has 1 aliphatic heterocycles. The molecule has 1 aromatic rings. The summed E-state index contributed by atoms with van der Waals surface area (Å²) in [6.45, 7) is 7.42. The first-order valence-corrected chi connectivity index (χ1v) is 7.52. The number of likely N-dealkylation sites (N-methyl/N-ethyl adjacent to an activating group) is 1. The van der Waals surface area contributed by atoms with Crippen molar-refractivity contribution in [3.63, 3.8) is 0 Å². The maximum atomic E-state index is 10.2. The van der Waals surface area contributed by atoms with Gasteiger partial charge in [-0.15, -0.1) is 0 Å². The molecule has 1 aromatic carbocycles. The molecule has 0 spiro atoms. The zero-order valence-electron chi connectivity index (χ0n) is 13.1. The summed E-state index contributed by atoms with van der Waals surface area (Å²) < 4.78 is 0. The Morgan fingerprint density at radius 3 is 2.75 bits per heavy atom. The van der Waals surface area contributed by atoms with Gasteiger partial charge in [-0.25, -0.2) is 0 Å². The quantitative estimate of drug-likeness (QED) is 0.885. The number of benzene rings is 1. The topological polar surface area (TPSA) is 38.7 Å². The van der Waals surface area contributed by atoms with E-state index in [0.717, 1.165) is 37.3 Å². The number of hydrogen-bond acceptors (Lipinski definition) is 4. The van der Waals surface area contributed by atoms with E-state index in [0.29, 0.717) is 11.8 Å². The molecule has 0 bridgehead atoms. The Labute approximate surface area is 122 Å². The molecule has 0 radical (unpaired) electrons. The van der Waals surface area contributed by atoms with Crippen LogP contribution in [0.25, 0.3) is 0 Å². The monoisotopic (exact) mass is 277 g/mol. The van der Waals surface area contributed by atoms with Crippen LogP contribution in [0.15, 0.2) is 18.2 Å². The molecule has 1 heterocycles. The highest BCUT2D eigenvalue weighted by molar-refractivity contribution is 5.54. The molecule has 2 N–H and O–H groups in total. The van der Waals surface area contributed by atoms with Crippen LogP contribution in [0.5, 0.6) is 5.75 Å². The minimum Gasteiger partial charge on any atom is -0.508 e. The number of hydrogen-bond donors (Lipinski definition) is 2. The summed E-state index contributed by atoms with van der Waals surface area (Å²) in [6.07, 6.45) is 1.16. The van der Waals surface area contributed by atoms with Gasteiger partial charge in [0.05, 0.1) is 0 Å². The van der Waals surface area contributed by atoms with E-state index in [4.69, 9.17) is 0 Å². The lowest BCUT2D eigenvalue weighted by atomic mass is 10.0. The van der Waals surface area contributed by atoms with Crippen molar-refractivity contribution in [2.45, 2.75) is 32.4 Å². The van der Waals surface area contributed by atoms with E-state index in [2.05, 4.69) is 42.1 Å². The Bertz CT molecular complexity index is 449. The molecule has 2 atom stereocenters. The second-order valence-corrected chi connectivity index (χ2v) is 5.74. The van der Waals surface area contributed by atoms with Gasteiger partial charge in [0, 0.05) is 49.0 Å². The van der Waals surface area contributed by atoms with Crippen LogP contribution in [-0.2, 0) is 0 Å². The van der Waals surface area contributed by atoms with E-state index in [1.54, 1.807) is 0 Å². The fourth-order valence-electron chi connectivity index (χ4n) is 2.87. The molecule has 0 saturated carbocycles. The van der Waals surface area contributed by atoms with Gasteiger partial charge in [-0.3, -0.25) is 4.90 Å². The molecule has 2 rings (SSSR count). The van der Waals surface area contributed by atoms with Crippen LogP contribution in [0.4, 0.5) is 5.69 Å². The predicted octanol–water partition coefficient (Wildman–Crippen LogP) is 2.20. The largest absolute Gasteiger partial charge is 0.508 e. The van der Waals surface area contributed by atoms with Crippen LogP contribution in [0, 0.1) is 0 Å². The Balaban J connectivity index is 2.15. The summed E-state index contributed by atoms with van der Waals surface area (Å²) in [6, 6.07) is 6.83. The van der Waals surface area contributed by atoms with Gasteiger partial charge in [0.15, 0.2) is 0 Å². The molecule has 0 aliphatic carbocycles. The molecule has 1 aliphatic rings.